The summed E-state index contributed by atoms with van der Waals surface area (Å²) in [5, 5.41) is 4.77. The van der Waals surface area contributed by atoms with Crippen LogP contribution in [0.25, 0.3) is 71.5 Å². The highest BCUT2D eigenvalue weighted by Crippen LogP contribution is 2.44. The zero-order valence-corrected chi connectivity index (χ0v) is 31.4. The molecule has 0 saturated heterocycles. The van der Waals surface area contributed by atoms with E-state index in [9.17, 15) is 0 Å². The zero-order valence-electron chi connectivity index (χ0n) is 31.4. The predicted molar refractivity (Wildman–Crippen MR) is 242 cm³/mol. The first-order valence-electron chi connectivity index (χ1n) is 19.4. The summed E-state index contributed by atoms with van der Waals surface area (Å²) in [4.78, 5) is 5.58. The molecule has 8 aromatic carbocycles. The summed E-state index contributed by atoms with van der Waals surface area (Å²) < 4.78 is 2.39. The topological polar surface area (TPSA) is 42.8 Å². The molecule has 1 atom stereocenters. The van der Waals surface area contributed by atoms with Gasteiger partial charge in [0, 0.05) is 27.4 Å². The van der Waals surface area contributed by atoms with Crippen molar-refractivity contribution in [1.82, 2.24) is 4.40 Å². The predicted octanol–water partition coefficient (Wildman–Crippen LogP) is 13.7. The smallest absolute Gasteiger partial charge is 0.101 e. The van der Waals surface area contributed by atoms with Crippen molar-refractivity contribution in [3.05, 3.63) is 230 Å². The molecule has 0 saturated carbocycles. The van der Waals surface area contributed by atoms with Crippen LogP contribution in [0.5, 0.6) is 0 Å². The number of aromatic nitrogens is 1. The maximum atomic E-state index is 7.08. The van der Waals surface area contributed by atoms with Crippen molar-refractivity contribution in [2.24, 2.45) is 4.99 Å². The highest BCUT2D eigenvalue weighted by molar-refractivity contribution is 6.17. The number of fused-ring (bicyclic) bond motifs is 8. The van der Waals surface area contributed by atoms with Gasteiger partial charge in [-0.1, -0.05) is 183 Å². The van der Waals surface area contributed by atoms with Gasteiger partial charge in [0.2, 0.25) is 0 Å². The fraction of sp³-hybridized carbons (Fsp3) is 0.0185. The van der Waals surface area contributed by atoms with E-state index in [1.807, 2.05) is 18.2 Å². The van der Waals surface area contributed by atoms with Crippen molar-refractivity contribution in [2.45, 2.75) is 6.04 Å². The second-order valence-corrected chi connectivity index (χ2v) is 14.5. The fourth-order valence-corrected chi connectivity index (χ4v) is 8.52. The first-order chi connectivity index (χ1) is 28.2. The van der Waals surface area contributed by atoms with E-state index < -0.39 is 0 Å². The van der Waals surface area contributed by atoms with Gasteiger partial charge in [0.1, 0.15) is 6.04 Å². The molecule has 57 heavy (non-hydrogen) atoms. The molecule has 270 valence electrons. The lowest BCUT2D eigenvalue weighted by Gasteiger charge is -2.21. The third-order valence-corrected chi connectivity index (χ3v) is 11.3. The van der Waals surface area contributed by atoms with E-state index in [4.69, 9.17) is 10.7 Å². The Bertz CT molecular complexity index is 3120. The Morgan fingerprint density at radius 3 is 1.68 bits per heavy atom. The summed E-state index contributed by atoms with van der Waals surface area (Å²) in [6, 6.07) is 70.5. The van der Waals surface area contributed by atoms with Crippen LogP contribution in [-0.4, -0.2) is 10.1 Å². The number of para-hydroxylation sites is 1. The Labute approximate surface area is 332 Å². The molecule has 2 heterocycles. The Morgan fingerprint density at radius 1 is 0.491 bits per heavy atom. The number of nitrogen functional groups attached to an aromatic ring is 1. The Hall–Kier alpha value is -7.49. The maximum Gasteiger partial charge on any atom is 0.101 e. The second-order valence-electron chi connectivity index (χ2n) is 14.5. The number of pyridine rings is 1. The van der Waals surface area contributed by atoms with Crippen LogP contribution in [0.2, 0.25) is 0 Å². The summed E-state index contributed by atoms with van der Waals surface area (Å²) in [7, 11) is 0. The van der Waals surface area contributed by atoms with Gasteiger partial charge < -0.3 is 10.1 Å². The van der Waals surface area contributed by atoms with Crippen LogP contribution >= 0.6 is 0 Å². The summed E-state index contributed by atoms with van der Waals surface area (Å²) in [6.45, 7) is 4.27. The fourth-order valence-electron chi connectivity index (χ4n) is 8.52. The number of hydrogen-bond donors (Lipinski definition) is 1. The highest BCUT2D eigenvalue weighted by atomic mass is 14.9. The molecular weight excluding hydrogens is 691 g/mol. The molecule has 2 aromatic heterocycles. The molecule has 10 aromatic rings. The molecule has 0 amide bonds. The molecular formula is C54H39N3. The average Bonchev–Trinajstić information content (AvgIpc) is 3.68. The molecule has 0 spiro atoms. The number of allylic oxidation sites excluding steroid dienone is 1. The molecule has 1 unspecified atom stereocenters. The number of benzene rings is 8. The Kier molecular flexibility index (Phi) is 8.54. The van der Waals surface area contributed by atoms with E-state index in [2.05, 4.69) is 199 Å². The number of aliphatic imine (C=N–C) groups is 1. The molecule has 3 nitrogen and oxygen atoms in total. The van der Waals surface area contributed by atoms with Crippen molar-refractivity contribution in [3.63, 3.8) is 0 Å². The van der Waals surface area contributed by atoms with E-state index in [1.54, 1.807) is 0 Å². The van der Waals surface area contributed by atoms with E-state index in [0.717, 1.165) is 66.8 Å². The summed E-state index contributed by atoms with van der Waals surface area (Å²) in [6.07, 6.45) is 1.87. The van der Waals surface area contributed by atoms with Gasteiger partial charge in [0.05, 0.1) is 22.3 Å². The lowest BCUT2D eigenvalue weighted by atomic mass is 9.88. The third kappa shape index (κ3) is 5.98. The standard InChI is InChI=1S/C54H39N3/c1-2-49(40-29-25-38(26-30-40)36-15-5-3-6-16-36)56-54(41-31-27-39(28-32-41)37-17-7-4-8-18-37)46-23-12-11-22-45(46)53-47-35-52-44-21-10-9-19-42(44)43-20-13-14-24-50(43)57(52)51(47)34-33-48(53)55/h2-35,54H,1,55H2. The molecule has 0 bridgehead atoms. The molecule has 10 rings (SSSR count). The number of nitrogens with zero attached hydrogens (tertiary/aromatic N) is 2. The van der Waals surface area contributed by atoms with Crippen LogP contribution in [0.4, 0.5) is 5.69 Å². The van der Waals surface area contributed by atoms with Gasteiger partial charge in [0.15, 0.2) is 0 Å². The quantitative estimate of drug-likeness (QED) is 0.0944. The monoisotopic (exact) mass is 729 g/mol. The lowest BCUT2D eigenvalue weighted by Crippen LogP contribution is -2.07. The Morgan fingerprint density at radius 2 is 1.02 bits per heavy atom. The third-order valence-electron chi connectivity index (χ3n) is 11.3. The molecule has 0 radical (unpaired) electrons. The highest BCUT2D eigenvalue weighted by Gasteiger charge is 2.23. The zero-order chi connectivity index (χ0) is 38.3. The van der Waals surface area contributed by atoms with Gasteiger partial charge in [-0.15, -0.1) is 0 Å². The molecule has 0 aliphatic heterocycles. The van der Waals surface area contributed by atoms with Crippen molar-refractivity contribution >= 4 is 49.5 Å². The summed E-state index contributed by atoms with van der Waals surface area (Å²) in [5.74, 6) is 0. The van der Waals surface area contributed by atoms with Crippen molar-refractivity contribution < 1.29 is 0 Å². The second kappa shape index (κ2) is 14.3. The van der Waals surface area contributed by atoms with Crippen molar-refractivity contribution in [2.75, 3.05) is 5.73 Å². The molecule has 2 N–H and O–H groups in total. The van der Waals surface area contributed by atoms with Gasteiger partial charge in [-0.05, 0) is 80.2 Å². The number of hydrogen-bond acceptors (Lipinski definition) is 2. The summed E-state index contributed by atoms with van der Waals surface area (Å²) >= 11 is 0. The number of anilines is 1. The molecule has 0 aliphatic rings. The van der Waals surface area contributed by atoms with Crippen LogP contribution in [-0.2, 0) is 0 Å². The first-order valence-corrected chi connectivity index (χ1v) is 19.4. The van der Waals surface area contributed by atoms with Crippen molar-refractivity contribution in [1.29, 1.82) is 0 Å². The summed E-state index contributed by atoms with van der Waals surface area (Å²) in [5.41, 5.74) is 21.9. The van der Waals surface area contributed by atoms with Gasteiger partial charge in [-0.2, -0.15) is 0 Å². The van der Waals surface area contributed by atoms with E-state index in [-0.39, 0.29) is 6.04 Å². The van der Waals surface area contributed by atoms with E-state index in [0.29, 0.717) is 0 Å². The molecule has 0 fully saturated rings. The van der Waals surface area contributed by atoms with E-state index in [1.165, 1.54) is 32.8 Å². The molecule has 3 heteroatoms. The lowest BCUT2D eigenvalue weighted by molar-refractivity contribution is 0.877. The first kappa shape index (κ1) is 34.0. The van der Waals surface area contributed by atoms with Crippen LogP contribution in [0.3, 0.4) is 0 Å². The van der Waals surface area contributed by atoms with Gasteiger partial charge >= 0.3 is 0 Å². The van der Waals surface area contributed by atoms with Crippen LogP contribution in [0, 0.1) is 0 Å². The maximum absolute atomic E-state index is 7.08. The van der Waals surface area contributed by atoms with Gasteiger partial charge in [-0.25, -0.2) is 0 Å². The molecule has 0 aliphatic carbocycles. The largest absolute Gasteiger partial charge is 0.398 e. The SMILES string of the molecule is C=CC(=NC(c1ccc(-c2ccccc2)cc1)c1ccccc1-c1c(N)ccc2c1cc1c3ccccc3c3ccccc3n21)c1ccc(-c2ccccc2)cc1. The number of rotatable bonds is 8. The van der Waals surface area contributed by atoms with Crippen LogP contribution in [0.1, 0.15) is 22.7 Å². The van der Waals surface area contributed by atoms with Crippen molar-refractivity contribution in [3.8, 4) is 33.4 Å². The minimum Gasteiger partial charge on any atom is -0.398 e. The van der Waals surface area contributed by atoms with Crippen LogP contribution < -0.4 is 5.73 Å². The normalized spacial score (nSPS) is 12.4. The Balaban J connectivity index is 1.18. The minimum absolute atomic E-state index is 0.360. The number of nitrogens with two attached hydrogens (primary N) is 1. The van der Waals surface area contributed by atoms with Gasteiger partial charge in [0.25, 0.3) is 0 Å². The average molecular weight is 730 g/mol. The minimum atomic E-state index is -0.360. The van der Waals surface area contributed by atoms with Crippen LogP contribution in [0.15, 0.2) is 218 Å². The van der Waals surface area contributed by atoms with Gasteiger partial charge in [-0.3, -0.25) is 4.99 Å². The van der Waals surface area contributed by atoms with E-state index >= 15 is 0 Å².